The Labute approximate surface area is 128 Å². The Morgan fingerprint density at radius 2 is 2.10 bits per heavy atom. The predicted octanol–water partition coefficient (Wildman–Crippen LogP) is 1.69. The molecule has 1 aromatic rings. The van der Waals surface area contributed by atoms with E-state index < -0.39 is 18.0 Å². The van der Waals surface area contributed by atoms with Crippen LogP contribution in [0.25, 0.3) is 0 Å². The molecule has 8 heteroatoms. The molecule has 3 N–H and O–H groups in total. The number of carboxylic acid groups (broad SMARTS) is 1. The molecule has 1 heterocycles. The van der Waals surface area contributed by atoms with Crippen LogP contribution < -0.4 is 10.6 Å². The zero-order valence-electron chi connectivity index (χ0n) is 12.4. The Morgan fingerprint density at radius 3 is 2.57 bits per heavy atom. The summed E-state index contributed by atoms with van der Waals surface area (Å²) in [6.07, 6.45) is 1.76. The molecule has 0 fully saturated rings. The summed E-state index contributed by atoms with van der Waals surface area (Å²) < 4.78 is 1.61. The van der Waals surface area contributed by atoms with Crippen LogP contribution in [0.5, 0.6) is 0 Å². The number of carboxylic acids is 1. The third-order valence-electron chi connectivity index (χ3n) is 3.10. The van der Waals surface area contributed by atoms with E-state index in [0.717, 1.165) is 5.69 Å². The van der Waals surface area contributed by atoms with Gasteiger partial charge in [-0.15, -0.1) is 0 Å². The van der Waals surface area contributed by atoms with Crippen LogP contribution >= 0.6 is 11.6 Å². The van der Waals surface area contributed by atoms with Crippen LogP contribution in [0, 0.1) is 0 Å². The summed E-state index contributed by atoms with van der Waals surface area (Å²) in [5.74, 6) is -1.04. The Kier molecular flexibility index (Phi) is 6.48. The zero-order valence-corrected chi connectivity index (χ0v) is 13.2. The van der Waals surface area contributed by atoms with E-state index in [2.05, 4.69) is 15.7 Å². The second kappa shape index (κ2) is 7.87. The number of nitrogens with zero attached hydrogens (tertiary/aromatic N) is 2. The lowest BCUT2D eigenvalue weighted by Crippen LogP contribution is -2.45. The van der Waals surface area contributed by atoms with E-state index in [1.165, 1.54) is 0 Å². The molecule has 1 unspecified atom stereocenters. The van der Waals surface area contributed by atoms with Crippen LogP contribution in [0.4, 0.5) is 4.79 Å². The first-order chi connectivity index (χ1) is 9.90. The van der Waals surface area contributed by atoms with Crippen molar-refractivity contribution < 1.29 is 14.7 Å². The highest BCUT2D eigenvalue weighted by Gasteiger charge is 2.19. The lowest BCUT2D eigenvalue weighted by atomic mass is 10.2. The van der Waals surface area contributed by atoms with Crippen LogP contribution in [0.3, 0.4) is 0 Å². The van der Waals surface area contributed by atoms with Crippen LogP contribution in [-0.4, -0.2) is 32.9 Å². The molecule has 1 rings (SSSR count). The number of aryl methyl sites for hydroxylation is 2. The summed E-state index contributed by atoms with van der Waals surface area (Å²) in [6, 6.07) is -1.42. The average Bonchev–Trinajstić information content (AvgIpc) is 2.70. The van der Waals surface area contributed by atoms with Gasteiger partial charge < -0.3 is 15.7 Å². The number of nitrogens with one attached hydrogen (secondary N) is 2. The van der Waals surface area contributed by atoms with Crippen LogP contribution in [0.1, 0.15) is 38.1 Å². The lowest BCUT2D eigenvalue weighted by Gasteiger charge is -2.14. The summed E-state index contributed by atoms with van der Waals surface area (Å²) >= 11 is 6.17. The van der Waals surface area contributed by atoms with Gasteiger partial charge in [-0.2, -0.15) is 5.10 Å². The molecule has 0 saturated heterocycles. The molecule has 0 aromatic carbocycles. The van der Waals surface area contributed by atoms with E-state index >= 15 is 0 Å². The van der Waals surface area contributed by atoms with E-state index in [1.807, 2.05) is 13.8 Å². The average molecular weight is 317 g/mol. The van der Waals surface area contributed by atoms with E-state index in [0.29, 0.717) is 30.0 Å². The van der Waals surface area contributed by atoms with E-state index in [4.69, 9.17) is 16.7 Å². The molecule has 0 aliphatic heterocycles. The molecule has 2 amide bonds. The van der Waals surface area contributed by atoms with Crippen molar-refractivity contribution in [3.63, 3.8) is 0 Å². The van der Waals surface area contributed by atoms with E-state index in [9.17, 15) is 9.59 Å². The minimum Gasteiger partial charge on any atom is -0.480 e. The molecule has 118 valence electrons. The maximum atomic E-state index is 11.7. The fraction of sp³-hybridized carbons (Fsp3) is 0.615. The molecule has 0 radical (unpaired) electrons. The summed E-state index contributed by atoms with van der Waals surface area (Å²) in [7, 11) is 1.75. The summed E-state index contributed by atoms with van der Waals surface area (Å²) in [5.41, 5.74) is 1.46. The second-order valence-corrected chi connectivity index (χ2v) is 5.07. The van der Waals surface area contributed by atoms with Crippen molar-refractivity contribution in [3.8, 4) is 0 Å². The summed E-state index contributed by atoms with van der Waals surface area (Å²) in [5, 5.41) is 18.8. The van der Waals surface area contributed by atoms with Crippen molar-refractivity contribution in [3.05, 3.63) is 16.4 Å². The van der Waals surface area contributed by atoms with Crippen molar-refractivity contribution in [1.29, 1.82) is 0 Å². The van der Waals surface area contributed by atoms with Gasteiger partial charge in [0.25, 0.3) is 0 Å². The normalized spacial score (nSPS) is 12.0. The third-order valence-corrected chi connectivity index (χ3v) is 3.54. The fourth-order valence-corrected chi connectivity index (χ4v) is 2.29. The molecule has 0 spiro atoms. The number of carbonyl (C=O) groups excluding carboxylic acids is 1. The minimum absolute atomic E-state index is 0.187. The van der Waals surface area contributed by atoms with Gasteiger partial charge in [-0.25, -0.2) is 9.59 Å². The monoisotopic (exact) mass is 316 g/mol. The van der Waals surface area contributed by atoms with Crippen molar-refractivity contribution in [2.45, 2.75) is 45.7 Å². The number of carbonyl (C=O) groups is 2. The molecule has 1 aromatic heterocycles. The highest BCUT2D eigenvalue weighted by Crippen LogP contribution is 2.20. The number of urea groups is 1. The number of aliphatic carboxylic acids is 1. The van der Waals surface area contributed by atoms with Crippen molar-refractivity contribution >= 4 is 23.6 Å². The molecule has 21 heavy (non-hydrogen) atoms. The van der Waals surface area contributed by atoms with Gasteiger partial charge in [0.15, 0.2) is 0 Å². The molecule has 1 atom stereocenters. The van der Waals surface area contributed by atoms with Gasteiger partial charge in [0.05, 0.1) is 23.0 Å². The Bertz CT molecular complexity index is 516. The number of hydrogen-bond acceptors (Lipinski definition) is 3. The first kappa shape index (κ1) is 17.3. The molecular formula is C13H21ClN4O3. The second-order valence-electron chi connectivity index (χ2n) is 4.69. The third kappa shape index (κ3) is 4.63. The lowest BCUT2D eigenvalue weighted by molar-refractivity contribution is -0.139. The van der Waals surface area contributed by atoms with E-state index in [1.54, 1.807) is 11.7 Å². The first-order valence-corrected chi connectivity index (χ1v) is 7.25. The fourth-order valence-electron chi connectivity index (χ4n) is 1.93. The van der Waals surface area contributed by atoms with Crippen molar-refractivity contribution in [2.75, 3.05) is 0 Å². The Morgan fingerprint density at radius 1 is 1.43 bits per heavy atom. The van der Waals surface area contributed by atoms with Crippen molar-refractivity contribution in [2.24, 2.45) is 7.05 Å². The van der Waals surface area contributed by atoms with Crippen molar-refractivity contribution in [1.82, 2.24) is 20.4 Å². The maximum Gasteiger partial charge on any atom is 0.326 e. The van der Waals surface area contributed by atoms with E-state index in [-0.39, 0.29) is 6.54 Å². The van der Waals surface area contributed by atoms with Gasteiger partial charge in [0, 0.05) is 7.05 Å². The van der Waals surface area contributed by atoms with Crippen LogP contribution in [0.2, 0.25) is 5.02 Å². The van der Waals surface area contributed by atoms with Crippen LogP contribution in [-0.2, 0) is 24.8 Å². The molecule has 0 bridgehead atoms. The van der Waals surface area contributed by atoms with Gasteiger partial charge in [0.2, 0.25) is 0 Å². The molecule has 0 aliphatic rings. The molecular weight excluding hydrogens is 296 g/mol. The Hall–Kier alpha value is -1.76. The van der Waals surface area contributed by atoms with Gasteiger partial charge in [-0.05, 0) is 12.8 Å². The smallest absolute Gasteiger partial charge is 0.326 e. The highest BCUT2D eigenvalue weighted by atomic mass is 35.5. The SMILES string of the molecule is CCCC(NC(=O)NCc1c(Cl)c(CC)nn1C)C(=O)O. The minimum atomic E-state index is -1.04. The number of rotatable bonds is 7. The van der Waals surface area contributed by atoms with Crippen LogP contribution in [0.15, 0.2) is 0 Å². The quantitative estimate of drug-likeness (QED) is 0.713. The molecule has 0 saturated carbocycles. The number of aromatic nitrogens is 2. The van der Waals surface area contributed by atoms with Gasteiger partial charge in [-0.3, -0.25) is 4.68 Å². The predicted molar refractivity (Wildman–Crippen MR) is 79.3 cm³/mol. The molecule has 7 nitrogen and oxygen atoms in total. The zero-order chi connectivity index (χ0) is 16.0. The summed E-state index contributed by atoms with van der Waals surface area (Å²) in [4.78, 5) is 22.7. The maximum absolute atomic E-state index is 11.7. The largest absolute Gasteiger partial charge is 0.480 e. The van der Waals surface area contributed by atoms with Gasteiger partial charge in [0.1, 0.15) is 6.04 Å². The topological polar surface area (TPSA) is 96.3 Å². The first-order valence-electron chi connectivity index (χ1n) is 6.88. The Balaban J connectivity index is 2.61. The van der Waals surface area contributed by atoms with Gasteiger partial charge in [-0.1, -0.05) is 31.9 Å². The van der Waals surface area contributed by atoms with Gasteiger partial charge >= 0.3 is 12.0 Å². The molecule has 0 aliphatic carbocycles. The number of halogens is 1. The standard InChI is InChI=1S/C13H21ClN4O3/c1-4-6-9(12(19)20)16-13(21)15-7-10-11(14)8(5-2)17-18(10)3/h9H,4-7H2,1-3H3,(H,19,20)(H2,15,16,21). The summed E-state index contributed by atoms with van der Waals surface area (Å²) in [6.45, 7) is 3.99. The highest BCUT2D eigenvalue weighted by molar-refractivity contribution is 6.31. The number of amides is 2. The number of hydrogen-bond donors (Lipinski definition) is 3.